The highest BCUT2D eigenvalue weighted by Crippen LogP contribution is 2.23. The molecule has 4 aromatic rings. The molecule has 2 heterocycles. The fourth-order valence-corrected chi connectivity index (χ4v) is 5.12. The Labute approximate surface area is 206 Å². The molecule has 0 spiro atoms. The van der Waals surface area contributed by atoms with Crippen LogP contribution in [-0.2, 0) is 4.79 Å². The number of para-hydroxylation sites is 1. The number of rotatable bonds is 8. The second-order valence-electron chi connectivity index (χ2n) is 6.70. The van der Waals surface area contributed by atoms with Gasteiger partial charge in [-0.15, -0.1) is 11.3 Å². The summed E-state index contributed by atoms with van der Waals surface area (Å²) in [4.78, 5) is 31.2. The molecular formula is C23H19BrN4O3S2. The summed E-state index contributed by atoms with van der Waals surface area (Å²) in [7, 11) is 0. The monoisotopic (exact) mass is 542 g/mol. The van der Waals surface area contributed by atoms with Crippen molar-refractivity contribution in [2.45, 2.75) is 12.1 Å². The summed E-state index contributed by atoms with van der Waals surface area (Å²) in [6.45, 7) is 2.47. The highest BCUT2D eigenvalue weighted by atomic mass is 79.9. The van der Waals surface area contributed by atoms with Crippen LogP contribution in [-0.4, -0.2) is 34.0 Å². The summed E-state index contributed by atoms with van der Waals surface area (Å²) in [5, 5.41) is 4.92. The van der Waals surface area contributed by atoms with E-state index in [1.165, 1.54) is 27.7 Å². The molecular weight excluding hydrogens is 524 g/mol. The number of benzene rings is 2. The van der Waals surface area contributed by atoms with Crippen LogP contribution in [0.15, 0.2) is 79.5 Å². The number of amides is 1. The van der Waals surface area contributed by atoms with Crippen molar-refractivity contribution < 1.29 is 9.53 Å². The van der Waals surface area contributed by atoms with Crippen molar-refractivity contribution in [2.24, 2.45) is 5.10 Å². The lowest BCUT2D eigenvalue weighted by atomic mass is 10.2. The Morgan fingerprint density at radius 1 is 1.21 bits per heavy atom. The van der Waals surface area contributed by atoms with Crippen LogP contribution in [0, 0.1) is 0 Å². The number of carbonyl (C=O) groups is 1. The van der Waals surface area contributed by atoms with Gasteiger partial charge >= 0.3 is 0 Å². The van der Waals surface area contributed by atoms with Gasteiger partial charge in [-0.1, -0.05) is 23.9 Å². The maximum absolute atomic E-state index is 13.3. The fourth-order valence-electron chi connectivity index (χ4n) is 3.02. The third-order valence-corrected chi connectivity index (χ3v) is 6.96. The Morgan fingerprint density at radius 3 is 2.73 bits per heavy atom. The van der Waals surface area contributed by atoms with Gasteiger partial charge in [-0.25, -0.2) is 10.4 Å². The first-order valence-electron chi connectivity index (χ1n) is 10.00. The predicted octanol–water partition coefficient (Wildman–Crippen LogP) is 4.85. The van der Waals surface area contributed by atoms with E-state index < -0.39 is 0 Å². The molecule has 7 nitrogen and oxygen atoms in total. The smallest absolute Gasteiger partial charge is 0.266 e. The van der Waals surface area contributed by atoms with E-state index in [0.717, 1.165) is 8.66 Å². The molecule has 0 fully saturated rings. The number of nitrogens with zero attached hydrogens (tertiary/aromatic N) is 3. The largest absolute Gasteiger partial charge is 0.494 e. The van der Waals surface area contributed by atoms with Gasteiger partial charge in [0, 0.05) is 4.88 Å². The molecule has 0 radical (unpaired) electrons. The van der Waals surface area contributed by atoms with Crippen molar-refractivity contribution in [3.63, 3.8) is 0 Å². The Bertz CT molecular complexity index is 1370. The molecule has 2 aromatic carbocycles. The number of nitrogens with one attached hydrogen (secondary N) is 1. The molecule has 0 aliphatic rings. The minimum Gasteiger partial charge on any atom is -0.494 e. The summed E-state index contributed by atoms with van der Waals surface area (Å²) in [5.41, 5.74) is 3.53. The van der Waals surface area contributed by atoms with E-state index in [4.69, 9.17) is 4.74 Å². The van der Waals surface area contributed by atoms with E-state index in [1.807, 2.05) is 25.1 Å². The van der Waals surface area contributed by atoms with E-state index in [9.17, 15) is 9.59 Å². The zero-order valence-electron chi connectivity index (χ0n) is 17.5. The maximum atomic E-state index is 13.3. The van der Waals surface area contributed by atoms with Crippen LogP contribution in [0.5, 0.6) is 5.75 Å². The highest BCUT2D eigenvalue weighted by Gasteiger charge is 2.15. The molecule has 0 saturated heterocycles. The Morgan fingerprint density at radius 2 is 2.00 bits per heavy atom. The van der Waals surface area contributed by atoms with Gasteiger partial charge in [-0.2, -0.15) is 5.10 Å². The van der Waals surface area contributed by atoms with Crippen molar-refractivity contribution in [3.8, 4) is 11.4 Å². The second kappa shape index (κ2) is 10.8. The first-order chi connectivity index (χ1) is 16.0. The van der Waals surface area contributed by atoms with Gasteiger partial charge in [-0.3, -0.25) is 14.2 Å². The van der Waals surface area contributed by atoms with Crippen LogP contribution in [0.2, 0.25) is 0 Å². The molecule has 33 heavy (non-hydrogen) atoms. The molecule has 0 aliphatic heterocycles. The van der Waals surface area contributed by atoms with Gasteiger partial charge in [-0.05, 0) is 71.4 Å². The predicted molar refractivity (Wildman–Crippen MR) is 137 cm³/mol. The minimum atomic E-state index is -0.299. The molecule has 1 N–H and O–H groups in total. The normalized spacial score (nSPS) is 11.2. The van der Waals surface area contributed by atoms with E-state index in [1.54, 1.807) is 48.7 Å². The van der Waals surface area contributed by atoms with Crippen molar-refractivity contribution in [1.82, 2.24) is 15.0 Å². The number of hydrazone groups is 1. The molecule has 2 aromatic heterocycles. The lowest BCUT2D eigenvalue weighted by Crippen LogP contribution is -2.24. The number of fused-ring (bicyclic) bond motifs is 1. The summed E-state index contributed by atoms with van der Waals surface area (Å²) in [5.74, 6) is 0.465. The first kappa shape index (κ1) is 23.2. The zero-order chi connectivity index (χ0) is 23.2. The van der Waals surface area contributed by atoms with Crippen molar-refractivity contribution in [1.29, 1.82) is 0 Å². The van der Waals surface area contributed by atoms with Gasteiger partial charge < -0.3 is 4.74 Å². The van der Waals surface area contributed by atoms with Crippen molar-refractivity contribution in [3.05, 3.63) is 79.7 Å². The van der Waals surface area contributed by atoms with Crippen LogP contribution in [0.1, 0.15) is 11.8 Å². The van der Waals surface area contributed by atoms with Gasteiger partial charge in [0.05, 0.1) is 39.0 Å². The van der Waals surface area contributed by atoms with Gasteiger partial charge in [0.15, 0.2) is 5.16 Å². The lowest BCUT2D eigenvalue weighted by Gasteiger charge is -2.13. The number of thioether (sulfide) groups is 1. The van der Waals surface area contributed by atoms with Crippen LogP contribution in [0.4, 0.5) is 0 Å². The number of hydrogen-bond donors (Lipinski definition) is 1. The minimum absolute atomic E-state index is 0.0489. The summed E-state index contributed by atoms with van der Waals surface area (Å²) in [6.07, 6.45) is 1.59. The second-order valence-corrected chi connectivity index (χ2v) is 10.1. The van der Waals surface area contributed by atoms with E-state index in [2.05, 4.69) is 31.4 Å². The lowest BCUT2D eigenvalue weighted by molar-refractivity contribution is -0.118. The molecule has 0 atom stereocenters. The van der Waals surface area contributed by atoms with Gasteiger partial charge in [0.25, 0.3) is 11.5 Å². The first-order valence-corrected chi connectivity index (χ1v) is 12.6. The summed E-state index contributed by atoms with van der Waals surface area (Å²) in [6, 6.07) is 18.2. The van der Waals surface area contributed by atoms with Crippen molar-refractivity contribution in [2.75, 3.05) is 12.4 Å². The maximum Gasteiger partial charge on any atom is 0.266 e. The Balaban J connectivity index is 1.58. The molecule has 1 amide bonds. The molecule has 0 saturated carbocycles. The quantitative estimate of drug-likeness (QED) is 0.149. The fraction of sp³-hybridized carbons (Fsp3) is 0.130. The van der Waals surface area contributed by atoms with E-state index in [-0.39, 0.29) is 17.2 Å². The molecule has 0 unspecified atom stereocenters. The van der Waals surface area contributed by atoms with Crippen LogP contribution in [0.25, 0.3) is 16.6 Å². The number of carbonyl (C=O) groups excluding carboxylic acids is 1. The number of thiophene rings is 1. The molecule has 0 bridgehead atoms. The Kier molecular flexibility index (Phi) is 7.58. The SMILES string of the molecule is CCOc1ccc(-n2c(SCC(=O)NN=Cc3ccc(Br)s3)nc3ccccc3c2=O)cc1. The average molecular weight is 543 g/mol. The number of aromatic nitrogens is 2. The molecule has 0 aliphatic carbocycles. The van der Waals surface area contributed by atoms with Crippen LogP contribution < -0.4 is 15.7 Å². The number of ether oxygens (including phenoxy) is 1. The van der Waals surface area contributed by atoms with Gasteiger partial charge in [0.1, 0.15) is 5.75 Å². The number of halogens is 1. The topological polar surface area (TPSA) is 85.6 Å². The third kappa shape index (κ3) is 5.70. The molecule has 168 valence electrons. The average Bonchev–Trinajstić information content (AvgIpc) is 3.24. The molecule has 10 heteroatoms. The third-order valence-electron chi connectivity index (χ3n) is 4.46. The zero-order valence-corrected chi connectivity index (χ0v) is 20.7. The molecule has 4 rings (SSSR count). The van der Waals surface area contributed by atoms with Crippen LogP contribution in [0.3, 0.4) is 0 Å². The van der Waals surface area contributed by atoms with Gasteiger partial charge in [0.2, 0.25) is 0 Å². The Hall–Kier alpha value is -2.95. The highest BCUT2D eigenvalue weighted by molar-refractivity contribution is 9.11. The summed E-state index contributed by atoms with van der Waals surface area (Å²) >= 11 is 6.07. The van der Waals surface area contributed by atoms with Crippen molar-refractivity contribution >= 4 is 62.1 Å². The van der Waals surface area contributed by atoms with Crippen LogP contribution >= 0.6 is 39.0 Å². The standard InChI is InChI=1S/C23H19BrN4O3S2/c1-2-31-16-9-7-15(8-10-16)28-22(30)18-5-3-4-6-19(18)26-23(28)32-14-21(29)27-25-13-17-11-12-20(24)33-17/h3-13H,2,14H2,1H3,(H,27,29). The number of hydrogen-bond acceptors (Lipinski definition) is 7. The van der Waals surface area contributed by atoms with E-state index in [0.29, 0.717) is 34.1 Å². The van der Waals surface area contributed by atoms with E-state index >= 15 is 0 Å². The summed E-state index contributed by atoms with van der Waals surface area (Å²) < 4.78 is 8.00.